The lowest BCUT2D eigenvalue weighted by atomic mass is 10.0. The summed E-state index contributed by atoms with van der Waals surface area (Å²) in [5, 5.41) is 0. The zero-order valence-electron chi connectivity index (χ0n) is 8.04. The summed E-state index contributed by atoms with van der Waals surface area (Å²) in [6.45, 7) is 2.75. The number of ether oxygens (including phenoxy) is 1. The Kier molecular flexibility index (Phi) is 3.71. The average molecular weight is 181 g/mol. The van der Waals surface area contributed by atoms with E-state index >= 15 is 0 Å². The van der Waals surface area contributed by atoms with E-state index in [1.807, 2.05) is 12.1 Å². The third-order valence-corrected chi connectivity index (χ3v) is 1.92. The van der Waals surface area contributed by atoms with Gasteiger partial charge in [0.25, 0.3) is 5.56 Å². The van der Waals surface area contributed by atoms with Gasteiger partial charge < -0.3 is 9.72 Å². The lowest BCUT2D eigenvalue weighted by Gasteiger charge is -2.08. The highest BCUT2D eigenvalue weighted by Crippen LogP contribution is 2.03. The highest BCUT2D eigenvalue weighted by Gasteiger charge is 2.05. The molecule has 1 unspecified atom stereocenters. The molecule has 3 heteroatoms. The van der Waals surface area contributed by atoms with Crippen LogP contribution < -0.4 is 5.56 Å². The van der Waals surface area contributed by atoms with Crippen molar-refractivity contribution in [3.8, 4) is 0 Å². The maximum Gasteiger partial charge on any atom is 0.251 e. The Morgan fingerprint density at radius 3 is 3.00 bits per heavy atom. The molecule has 0 aliphatic carbocycles. The maximum atomic E-state index is 11.3. The van der Waals surface area contributed by atoms with E-state index in [4.69, 9.17) is 4.74 Å². The van der Waals surface area contributed by atoms with Crippen molar-refractivity contribution in [2.75, 3.05) is 13.7 Å². The molecule has 0 fully saturated rings. The first-order chi connectivity index (χ1) is 6.24. The van der Waals surface area contributed by atoms with Gasteiger partial charge in [0.05, 0.1) is 0 Å². The van der Waals surface area contributed by atoms with E-state index in [0.717, 1.165) is 12.0 Å². The van der Waals surface area contributed by atoms with Crippen molar-refractivity contribution >= 4 is 0 Å². The minimum atomic E-state index is 0.00505. The fraction of sp³-hybridized carbons (Fsp3) is 0.500. The largest absolute Gasteiger partial charge is 0.384 e. The molecular formula is C10H15NO2. The molecule has 1 N–H and O–H groups in total. The molecule has 1 atom stereocenters. The van der Waals surface area contributed by atoms with Gasteiger partial charge in [-0.25, -0.2) is 0 Å². The SMILES string of the molecule is COCC(C)Cc1ccc[nH]c1=O. The minimum Gasteiger partial charge on any atom is -0.384 e. The van der Waals surface area contributed by atoms with Crippen molar-refractivity contribution in [1.82, 2.24) is 4.98 Å². The van der Waals surface area contributed by atoms with E-state index in [-0.39, 0.29) is 5.56 Å². The van der Waals surface area contributed by atoms with Crippen molar-refractivity contribution < 1.29 is 4.74 Å². The first-order valence-electron chi connectivity index (χ1n) is 4.39. The Morgan fingerprint density at radius 2 is 2.38 bits per heavy atom. The summed E-state index contributed by atoms with van der Waals surface area (Å²) < 4.78 is 5.00. The van der Waals surface area contributed by atoms with E-state index in [1.54, 1.807) is 13.3 Å². The Morgan fingerprint density at radius 1 is 1.62 bits per heavy atom. The Bertz CT molecular complexity index is 306. The summed E-state index contributed by atoms with van der Waals surface area (Å²) in [5.74, 6) is 0.383. The van der Waals surface area contributed by atoms with Crippen LogP contribution in [0.25, 0.3) is 0 Å². The fourth-order valence-electron chi connectivity index (χ4n) is 1.34. The van der Waals surface area contributed by atoms with Gasteiger partial charge >= 0.3 is 0 Å². The molecule has 1 aromatic heterocycles. The Balaban J connectivity index is 2.63. The van der Waals surface area contributed by atoms with Crippen molar-refractivity contribution in [3.05, 3.63) is 34.2 Å². The van der Waals surface area contributed by atoms with Crippen LogP contribution in [0.5, 0.6) is 0 Å². The summed E-state index contributed by atoms with van der Waals surface area (Å²) >= 11 is 0. The fourth-order valence-corrected chi connectivity index (χ4v) is 1.34. The number of nitrogens with one attached hydrogen (secondary N) is 1. The smallest absolute Gasteiger partial charge is 0.251 e. The van der Waals surface area contributed by atoms with Crippen molar-refractivity contribution in [2.24, 2.45) is 5.92 Å². The molecule has 1 heterocycles. The molecule has 0 radical (unpaired) electrons. The number of H-pyrrole nitrogens is 1. The van der Waals surface area contributed by atoms with Gasteiger partial charge in [0, 0.05) is 25.5 Å². The summed E-state index contributed by atoms with van der Waals surface area (Å²) in [5.41, 5.74) is 0.831. The minimum absolute atomic E-state index is 0.00505. The van der Waals surface area contributed by atoms with Crippen LogP contribution in [0.15, 0.2) is 23.1 Å². The van der Waals surface area contributed by atoms with Crippen LogP contribution in [0.2, 0.25) is 0 Å². The summed E-state index contributed by atoms with van der Waals surface area (Å²) in [6.07, 6.45) is 2.41. The highest BCUT2D eigenvalue weighted by atomic mass is 16.5. The van der Waals surface area contributed by atoms with Crippen LogP contribution in [-0.2, 0) is 11.2 Å². The summed E-state index contributed by atoms with van der Waals surface area (Å²) in [4.78, 5) is 13.9. The molecule has 0 aliphatic rings. The highest BCUT2D eigenvalue weighted by molar-refractivity contribution is 5.09. The van der Waals surface area contributed by atoms with Gasteiger partial charge in [-0.2, -0.15) is 0 Å². The molecule has 3 nitrogen and oxygen atoms in total. The van der Waals surface area contributed by atoms with E-state index in [2.05, 4.69) is 11.9 Å². The second-order valence-corrected chi connectivity index (χ2v) is 3.29. The van der Waals surface area contributed by atoms with Crippen LogP contribution in [-0.4, -0.2) is 18.7 Å². The summed E-state index contributed by atoms with van der Waals surface area (Å²) in [6, 6.07) is 3.70. The van der Waals surface area contributed by atoms with Crippen molar-refractivity contribution in [1.29, 1.82) is 0 Å². The van der Waals surface area contributed by atoms with Crippen LogP contribution in [0.1, 0.15) is 12.5 Å². The van der Waals surface area contributed by atoms with E-state index in [0.29, 0.717) is 12.5 Å². The Labute approximate surface area is 77.8 Å². The zero-order chi connectivity index (χ0) is 9.68. The second-order valence-electron chi connectivity index (χ2n) is 3.29. The van der Waals surface area contributed by atoms with Gasteiger partial charge in [-0.15, -0.1) is 0 Å². The summed E-state index contributed by atoms with van der Waals surface area (Å²) in [7, 11) is 1.67. The van der Waals surface area contributed by atoms with Gasteiger partial charge in [-0.1, -0.05) is 13.0 Å². The van der Waals surface area contributed by atoms with Crippen LogP contribution in [0.3, 0.4) is 0 Å². The third kappa shape index (κ3) is 3.03. The number of hydrogen-bond acceptors (Lipinski definition) is 2. The Hall–Kier alpha value is -1.09. The van der Waals surface area contributed by atoms with E-state index < -0.39 is 0 Å². The number of aromatic amines is 1. The lowest BCUT2D eigenvalue weighted by Crippen LogP contribution is -2.16. The maximum absolute atomic E-state index is 11.3. The molecule has 0 saturated heterocycles. The van der Waals surface area contributed by atoms with Gasteiger partial charge in [-0.3, -0.25) is 4.79 Å². The topological polar surface area (TPSA) is 42.1 Å². The standard InChI is InChI=1S/C10H15NO2/c1-8(7-13-2)6-9-4-3-5-11-10(9)12/h3-5,8H,6-7H2,1-2H3,(H,11,12). The van der Waals surface area contributed by atoms with Gasteiger partial charge in [0.15, 0.2) is 0 Å². The molecule has 1 rings (SSSR count). The molecule has 0 amide bonds. The lowest BCUT2D eigenvalue weighted by molar-refractivity contribution is 0.159. The molecular weight excluding hydrogens is 166 g/mol. The first-order valence-corrected chi connectivity index (χ1v) is 4.39. The first kappa shape index (κ1) is 9.99. The van der Waals surface area contributed by atoms with Crippen molar-refractivity contribution in [2.45, 2.75) is 13.3 Å². The number of hydrogen-bond donors (Lipinski definition) is 1. The van der Waals surface area contributed by atoms with Crippen molar-refractivity contribution in [3.63, 3.8) is 0 Å². The molecule has 72 valence electrons. The third-order valence-electron chi connectivity index (χ3n) is 1.92. The van der Waals surface area contributed by atoms with Crippen LogP contribution in [0.4, 0.5) is 0 Å². The quantitative estimate of drug-likeness (QED) is 0.758. The molecule has 1 aromatic rings. The van der Waals surface area contributed by atoms with Gasteiger partial charge in [0.1, 0.15) is 0 Å². The molecule has 13 heavy (non-hydrogen) atoms. The molecule has 0 aromatic carbocycles. The molecule has 0 bridgehead atoms. The zero-order valence-corrected chi connectivity index (χ0v) is 8.04. The number of aromatic nitrogens is 1. The number of rotatable bonds is 4. The number of methoxy groups -OCH3 is 1. The monoisotopic (exact) mass is 181 g/mol. The molecule has 0 saturated carbocycles. The average Bonchev–Trinajstić information content (AvgIpc) is 2.09. The van der Waals surface area contributed by atoms with E-state index in [9.17, 15) is 4.79 Å². The normalized spacial score (nSPS) is 12.8. The molecule has 0 spiro atoms. The van der Waals surface area contributed by atoms with Gasteiger partial charge in [-0.05, 0) is 18.4 Å². The predicted octanol–water partition coefficient (Wildman–Crippen LogP) is 1.20. The molecule has 0 aliphatic heterocycles. The van der Waals surface area contributed by atoms with Crippen LogP contribution in [0, 0.1) is 5.92 Å². The van der Waals surface area contributed by atoms with Crippen LogP contribution >= 0.6 is 0 Å². The second kappa shape index (κ2) is 4.82. The van der Waals surface area contributed by atoms with Gasteiger partial charge in [0.2, 0.25) is 0 Å². The number of pyridine rings is 1. The predicted molar refractivity (Wildman–Crippen MR) is 51.8 cm³/mol. The van der Waals surface area contributed by atoms with E-state index in [1.165, 1.54) is 0 Å².